The number of fused-ring (bicyclic) bond motifs is 1. The molecule has 0 aromatic heterocycles. The number of ether oxygens (including phenoxy) is 1. The Morgan fingerprint density at radius 3 is 2.61 bits per heavy atom. The maximum atomic E-state index is 8.81. The molecule has 0 spiro atoms. The van der Waals surface area contributed by atoms with E-state index < -0.39 is 0 Å². The number of aldehydes is 1. The quantitative estimate of drug-likeness (QED) is 0.394. The van der Waals surface area contributed by atoms with Crippen LogP contribution >= 0.6 is 0 Å². The summed E-state index contributed by atoms with van der Waals surface area (Å²) in [5.41, 5.74) is 8.86. The van der Waals surface area contributed by atoms with E-state index in [0.29, 0.717) is 0 Å². The Hall–Kier alpha value is -3.13. The van der Waals surface area contributed by atoms with Crippen molar-refractivity contribution in [3.63, 3.8) is 0 Å². The summed E-state index contributed by atoms with van der Waals surface area (Å²) >= 11 is 0. The van der Waals surface area contributed by atoms with E-state index in [2.05, 4.69) is 94.1 Å². The van der Waals surface area contributed by atoms with Crippen molar-refractivity contribution >= 4 is 17.4 Å². The van der Waals surface area contributed by atoms with Gasteiger partial charge in [-0.2, -0.15) is 0 Å². The van der Waals surface area contributed by atoms with Crippen LogP contribution in [0.4, 0.5) is 0 Å². The van der Waals surface area contributed by atoms with Gasteiger partial charge >= 0.3 is 0 Å². The van der Waals surface area contributed by atoms with Gasteiger partial charge in [0.2, 0.25) is 0 Å². The molecule has 31 heavy (non-hydrogen) atoms. The number of rotatable bonds is 4. The molecular formula is C29H32O2. The molecule has 2 heteroatoms. The monoisotopic (exact) mass is 412 g/mol. The fraction of sp³-hybridized carbons (Fsp3) is 0.276. The van der Waals surface area contributed by atoms with E-state index in [9.17, 15) is 0 Å². The highest BCUT2D eigenvalue weighted by Gasteiger charge is 2.25. The first-order chi connectivity index (χ1) is 14.9. The van der Waals surface area contributed by atoms with Gasteiger partial charge < -0.3 is 9.53 Å². The average molecular weight is 413 g/mol. The van der Waals surface area contributed by atoms with E-state index in [1.54, 1.807) is 0 Å². The van der Waals surface area contributed by atoms with Crippen LogP contribution in [0.5, 0.6) is 5.75 Å². The molecule has 0 saturated carbocycles. The van der Waals surface area contributed by atoms with Gasteiger partial charge in [-0.05, 0) is 78.3 Å². The lowest BCUT2D eigenvalue weighted by Gasteiger charge is -2.29. The van der Waals surface area contributed by atoms with E-state index in [-0.39, 0.29) is 5.41 Å². The van der Waals surface area contributed by atoms with Gasteiger partial charge in [0, 0.05) is 11.8 Å². The first-order valence-electron chi connectivity index (χ1n) is 10.9. The van der Waals surface area contributed by atoms with E-state index in [0.717, 1.165) is 37.1 Å². The summed E-state index contributed by atoms with van der Waals surface area (Å²) in [6.07, 6.45) is 11.9. The molecule has 0 saturated heterocycles. The molecule has 1 heterocycles. The van der Waals surface area contributed by atoms with Gasteiger partial charge in [-0.3, -0.25) is 0 Å². The lowest BCUT2D eigenvalue weighted by Crippen LogP contribution is -2.16. The summed E-state index contributed by atoms with van der Waals surface area (Å²) in [6, 6.07) is 15.1. The van der Waals surface area contributed by atoms with E-state index in [4.69, 9.17) is 9.53 Å². The average Bonchev–Trinajstić information content (AvgIpc) is 3.23. The molecule has 1 unspecified atom stereocenters. The predicted octanol–water partition coefficient (Wildman–Crippen LogP) is 7.14. The van der Waals surface area contributed by atoms with Gasteiger partial charge in [0.05, 0.1) is 6.61 Å². The maximum absolute atomic E-state index is 8.81. The minimum Gasteiger partial charge on any atom is -0.493 e. The third-order valence-electron chi connectivity index (χ3n) is 6.09. The lowest BCUT2D eigenvalue weighted by molar-refractivity contribution is -0.106. The van der Waals surface area contributed by atoms with Crippen LogP contribution in [0.3, 0.4) is 0 Å². The molecule has 1 aliphatic heterocycles. The zero-order valence-electron chi connectivity index (χ0n) is 19.1. The van der Waals surface area contributed by atoms with Gasteiger partial charge in [0.25, 0.3) is 0 Å². The maximum Gasteiger partial charge on any atom is 0.122 e. The van der Waals surface area contributed by atoms with Crippen molar-refractivity contribution in [2.75, 3.05) is 6.61 Å². The van der Waals surface area contributed by atoms with Crippen molar-refractivity contribution in [1.82, 2.24) is 0 Å². The number of hydrogen-bond acceptors (Lipinski definition) is 2. The van der Waals surface area contributed by atoms with Gasteiger partial charge in [0.1, 0.15) is 12.0 Å². The Bertz CT molecular complexity index is 1070. The van der Waals surface area contributed by atoms with Crippen LogP contribution in [-0.2, 0) is 11.2 Å². The van der Waals surface area contributed by atoms with E-state index in [1.165, 1.54) is 40.3 Å². The fourth-order valence-corrected chi connectivity index (χ4v) is 4.07. The number of allylic oxidation sites excluding steroid dienone is 7. The van der Waals surface area contributed by atoms with Crippen LogP contribution in [0, 0.1) is 12.3 Å². The Morgan fingerprint density at radius 2 is 1.94 bits per heavy atom. The molecular weight excluding hydrogens is 380 g/mol. The minimum absolute atomic E-state index is 0.0483. The van der Waals surface area contributed by atoms with Crippen molar-refractivity contribution < 1.29 is 9.53 Å². The highest BCUT2D eigenvalue weighted by atomic mass is 16.5. The molecule has 2 aromatic carbocycles. The Morgan fingerprint density at radius 1 is 1.19 bits per heavy atom. The van der Waals surface area contributed by atoms with Crippen LogP contribution in [0.2, 0.25) is 0 Å². The second kappa shape index (κ2) is 9.78. The van der Waals surface area contributed by atoms with E-state index in [1.807, 2.05) is 0 Å². The molecule has 0 amide bonds. The second-order valence-corrected chi connectivity index (χ2v) is 8.44. The largest absolute Gasteiger partial charge is 0.493 e. The summed E-state index contributed by atoms with van der Waals surface area (Å²) in [6.45, 7) is 13.3. The number of benzene rings is 2. The molecule has 1 aliphatic carbocycles. The van der Waals surface area contributed by atoms with Crippen LogP contribution in [0.25, 0.3) is 11.1 Å². The SMILES string of the molecule is C=C(/C=C(/C)c1ccccc1C)C1(C)C=CC(c2ccc3c(c2)CCO3)=CC1.CC=O. The molecule has 1 atom stereocenters. The Labute approximate surface area is 186 Å². The lowest BCUT2D eigenvalue weighted by atomic mass is 9.74. The van der Waals surface area contributed by atoms with E-state index >= 15 is 0 Å². The van der Waals surface area contributed by atoms with Crippen molar-refractivity contribution in [3.8, 4) is 5.75 Å². The van der Waals surface area contributed by atoms with Gasteiger partial charge in [-0.15, -0.1) is 0 Å². The van der Waals surface area contributed by atoms with Gasteiger partial charge in [-0.25, -0.2) is 0 Å². The Balaban J connectivity index is 0.000000858. The molecule has 2 aromatic rings. The summed E-state index contributed by atoms with van der Waals surface area (Å²) in [7, 11) is 0. The minimum atomic E-state index is -0.0483. The van der Waals surface area contributed by atoms with Crippen LogP contribution in [0.1, 0.15) is 49.4 Å². The molecule has 2 nitrogen and oxygen atoms in total. The molecule has 0 bridgehead atoms. The molecule has 0 N–H and O–H groups in total. The number of carbonyl (C=O) groups is 1. The zero-order chi connectivity index (χ0) is 22.4. The molecule has 0 radical (unpaired) electrons. The molecule has 4 rings (SSSR count). The molecule has 160 valence electrons. The van der Waals surface area contributed by atoms with Crippen molar-refractivity contribution in [3.05, 3.63) is 101 Å². The third kappa shape index (κ3) is 5.14. The number of hydrogen-bond donors (Lipinski definition) is 0. The molecule has 0 fully saturated rings. The first-order valence-corrected chi connectivity index (χ1v) is 10.9. The Kier molecular flexibility index (Phi) is 7.12. The third-order valence-corrected chi connectivity index (χ3v) is 6.09. The fourth-order valence-electron chi connectivity index (χ4n) is 4.07. The zero-order valence-corrected chi connectivity index (χ0v) is 19.1. The normalized spacial score (nSPS) is 19.5. The highest BCUT2D eigenvalue weighted by molar-refractivity contribution is 5.77. The van der Waals surface area contributed by atoms with Crippen molar-refractivity contribution in [1.29, 1.82) is 0 Å². The standard InChI is InChI=1S/C27H28O.C2H4O/c1-19-7-5-6-8-25(19)20(2)17-21(3)27(4)14-11-22(12-15-27)23-9-10-26-24(18-23)13-16-28-26;1-2-3/h5-12,14,17-18H,3,13,15-16H2,1-2,4H3;2H,1H3/b20-17-;. The highest BCUT2D eigenvalue weighted by Crippen LogP contribution is 2.40. The summed E-state index contributed by atoms with van der Waals surface area (Å²) in [5.74, 6) is 1.04. The second-order valence-electron chi connectivity index (χ2n) is 8.44. The summed E-state index contributed by atoms with van der Waals surface area (Å²) in [5, 5.41) is 0. The number of aryl methyl sites for hydroxylation is 1. The van der Waals surface area contributed by atoms with Crippen LogP contribution in [-0.4, -0.2) is 12.9 Å². The first kappa shape index (κ1) is 22.6. The van der Waals surface area contributed by atoms with Crippen LogP contribution < -0.4 is 4.74 Å². The van der Waals surface area contributed by atoms with Crippen molar-refractivity contribution in [2.24, 2.45) is 5.41 Å². The number of carbonyl (C=O) groups excluding carboxylic acids is 1. The molecule has 2 aliphatic rings. The van der Waals surface area contributed by atoms with Gasteiger partial charge in [-0.1, -0.05) is 68.1 Å². The summed E-state index contributed by atoms with van der Waals surface area (Å²) < 4.78 is 5.63. The van der Waals surface area contributed by atoms with Crippen LogP contribution in [0.15, 0.2) is 78.9 Å². The topological polar surface area (TPSA) is 26.3 Å². The smallest absolute Gasteiger partial charge is 0.122 e. The van der Waals surface area contributed by atoms with Crippen molar-refractivity contribution in [2.45, 2.75) is 40.5 Å². The van der Waals surface area contributed by atoms with Gasteiger partial charge in [0.15, 0.2) is 0 Å². The predicted molar refractivity (Wildman–Crippen MR) is 131 cm³/mol. The summed E-state index contributed by atoms with van der Waals surface area (Å²) in [4.78, 5) is 8.81.